The van der Waals surface area contributed by atoms with Crippen molar-refractivity contribution in [2.75, 3.05) is 0 Å². The van der Waals surface area contributed by atoms with Gasteiger partial charge in [-0.2, -0.15) is 0 Å². The van der Waals surface area contributed by atoms with E-state index < -0.39 is 0 Å². The van der Waals surface area contributed by atoms with Crippen molar-refractivity contribution >= 4 is 65.3 Å². The van der Waals surface area contributed by atoms with E-state index in [0.717, 1.165) is 61.2 Å². The number of rotatable bonds is 6. The normalized spacial score (nSPS) is 12.1. The minimum atomic E-state index is 0. The van der Waals surface area contributed by atoms with Gasteiger partial charge in [0.2, 0.25) is 0 Å². The smallest absolute Gasteiger partial charge is 0.121 e. The molecule has 1 radical (unpaired) electrons. The average Bonchev–Trinajstić information content (AvgIpc) is 3.96. The monoisotopic (exact) mass is 1130 g/mol. The molecule has 0 amide bonds. The average molecular weight is 1130 g/mol. The van der Waals surface area contributed by atoms with Crippen molar-refractivity contribution in [1.82, 2.24) is 24.5 Å². The largest absolute Gasteiger partial charge is 0.501 e. The maximum absolute atomic E-state index is 6.92. The van der Waals surface area contributed by atoms with Crippen molar-refractivity contribution in [3.05, 3.63) is 199 Å². The fourth-order valence-electron chi connectivity index (χ4n) is 9.99. The summed E-state index contributed by atoms with van der Waals surface area (Å²) in [4.78, 5) is 18.8. The summed E-state index contributed by atoms with van der Waals surface area (Å²) in [7, 11) is 0. The molecule has 0 aliphatic rings. The molecule has 0 aliphatic carbocycles. The maximum Gasteiger partial charge on any atom is 0.121 e. The van der Waals surface area contributed by atoms with Crippen LogP contribution in [-0.4, -0.2) is 24.5 Å². The van der Waals surface area contributed by atoms with E-state index in [0.29, 0.717) is 5.82 Å². The van der Waals surface area contributed by atoms with Crippen LogP contribution < -0.4 is 0 Å². The van der Waals surface area contributed by atoms with Crippen LogP contribution >= 0.6 is 0 Å². The number of pyridine rings is 1. The molecule has 0 fully saturated rings. The zero-order valence-corrected chi connectivity index (χ0v) is 45.6. The molecule has 0 saturated heterocycles. The Morgan fingerprint density at radius 3 is 1.82 bits per heavy atom. The van der Waals surface area contributed by atoms with Crippen molar-refractivity contribution in [3.8, 4) is 39.6 Å². The van der Waals surface area contributed by atoms with Crippen LogP contribution in [0.4, 0.5) is 0 Å². The second kappa shape index (κ2) is 19.3. The van der Waals surface area contributed by atoms with Gasteiger partial charge in [0.15, 0.2) is 0 Å². The van der Waals surface area contributed by atoms with E-state index in [2.05, 4.69) is 234 Å². The first-order chi connectivity index (χ1) is 34.6. The van der Waals surface area contributed by atoms with E-state index in [1.54, 1.807) is 6.20 Å². The molecule has 4 aromatic heterocycles. The van der Waals surface area contributed by atoms with E-state index in [9.17, 15) is 0 Å². The Labute approximate surface area is 441 Å². The van der Waals surface area contributed by atoms with Crippen LogP contribution in [0.3, 0.4) is 0 Å². The first-order valence-electron chi connectivity index (χ1n) is 25.2. The van der Waals surface area contributed by atoms with Crippen LogP contribution in [-0.2, 0) is 30.9 Å². The number of imidazole rings is 1. The molecule has 12 rings (SSSR count). The molecule has 6 nitrogen and oxygen atoms in total. The Morgan fingerprint density at radius 2 is 1.18 bits per heavy atom. The summed E-state index contributed by atoms with van der Waals surface area (Å²) in [5.74, 6) is 2.02. The van der Waals surface area contributed by atoms with Gasteiger partial charge < -0.3 is 14.0 Å². The van der Waals surface area contributed by atoms with E-state index in [1.165, 1.54) is 60.3 Å². The Hall–Kier alpha value is -7.31. The predicted molar refractivity (Wildman–Crippen MR) is 300 cm³/mol. The molecule has 12 aromatic rings. The van der Waals surface area contributed by atoms with Gasteiger partial charge in [-0.1, -0.05) is 189 Å². The van der Waals surface area contributed by atoms with Gasteiger partial charge in [-0.05, 0) is 113 Å². The summed E-state index contributed by atoms with van der Waals surface area (Å²) in [6.07, 6.45) is 5.56. The standard InChI is InChI=1S/C49H37N2O.C17H22N3.Ir/c1-29(2)40-26-35(31-13-6-5-7-14-31)27-41(30(3)4)46(40)51-47-37-18-11-9-16-33(37)23-24-44(47)50-49(51)39-20-12-19-38-43-25-34-22-21-32-15-8-10-17-36(32)42(34)28-45(43)52-48(38)39;1-16(2,3)13-10-19-15(20-11-13)12-7-8-14(18-9-12)17(4,5)6;/h5-19,21-30H,1-4H3;8-11H,1-6H3;/q2*-1;. The van der Waals surface area contributed by atoms with Crippen molar-refractivity contribution in [1.29, 1.82) is 0 Å². The van der Waals surface area contributed by atoms with Crippen LogP contribution in [0.25, 0.3) is 105 Å². The van der Waals surface area contributed by atoms with Gasteiger partial charge in [0, 0.05) is 49.0 Å². The topological polar surface area (TPSA) is 69.6 Å². The third-order valence-electron chi connectivity index (χ3n) is 14.0. The molecule has 0 N–H and O–H groups in total. The summed E-state index contributed by atoms with van der Waals surface area (Å²) in [5.41, 5.74) is 13.9. The zero-order valence-electron chi connectivity index (χ0n) is 43.2. The minimum Gasteiger partial charge on any atom is -0.501 e. The van der Waals surface area contributed by atoms with Crippen molar-refractivity contribution in [3.63, 3.8) is 0 Å². The van der Waals surface area contributed by atoms with Gasteiger partial charge in [-0.25, -0.2) is 0 Å². The van der Waals surface area contributed by atoms with Gasteiger partial charge >= 0.3 is 0 Å². The quantitative estimate of drug-likeness (QED) is 0.123. The summed E-state index contributed by atoms with van der Waals surface area (Å²) < 4.78 is 9.35. The van der Waals surface area contributed by atoms with E-state index in [4.69, 9.17) is 9.40 Å². The molecule has 4 heterocycles. The number of hydrogen-bond donors (Lipinski definition) is 0. The minimum absolute atomic E-state index is 0. The SMILES string of the molecule is CC(C)(C)c1cnc(-c2[c-]cc(C(C)(C)C)nc2)nc1.CC(C)c1cc(-c2ccccc2)cc(C(C)C)c1-n1c(-c2[c-]ccc3c2oc2cc4c(ccc5ccccc54)cc23)nc2ccc3ccccc3c21.[Ir]. The molecule has 7 heteroatoms. The van der Waals surface area contributed by atoms with Crippen LogP contribution in [0.5, 0.6) is 0 Å². The number of benzene rings is 8. The van der Waals surface area contributed by atoms with Crippen molar-refractivity contribution in [2.24, 2.45) is 0 Å². The first-order valence-corrected chi connectivity index (χ1v) is 25.2. The van der Waals surface area contributed by atoms with Crippen molar-refractivity contribution < 1.29 is 24.5 Å². The predicted octanol–water partition coefficient (Wildman–Crippen LogP) is 17.7. The molecule has 0 saturated carbocycles. The Bertz CT molecular complexity index is 3900. The number of nitrogens with zero attached hydrogens (tertiary/aromatic N) is 5. The van der Waals surface area contributed by atoms with Crippen LogP contribution in [0.15, 0.2) is 169 Å². The van der Waals surface area contributed by atoms with E-state index in [1.807, 2.05) is 24.5 Å². The van der Waals surface area contributed by atoms with Crippen molar-refractivity contribution in [2.45, 2.75) is 91.9 Å². The number of furan rings is 1. The van der Waals surface area contributed by atoms with Gasteiger partial charge in [0.05, 0.1) is 28.3 Å². The summed E-state index contributed by atoms with van der Waals surface area (Å²) in [6.45, 7) is 22.1. The molecule has 365 valence electrons. The summed E-state index contributed by atoms with van der Waals surface area (Å²) >= 11 is 0. The number of aromatic nitrogens is 5. The van der Waals surface area contributed by atoms with E-state index >= 15 is 0 Å². The zero-order chi connectivity index (χ0) is 50.1. The van der Waals surface area contributed by atoms with Crippen LogP contribution in [0.1, 0.15) is 103 Å². The molecular weight excluding hydrogens is 1070 g/mol. The second-order valence-corrected chi connectivity index (χ2v) is 21.8. The Balaban J connectivity index is 0.000000246. The van der Waals surface area contributed by atoms with Gasteiger partial charge in [-0.15, -0.1) is 30.3 Å². The first kappa shape index (κ1) is 49.3. The van der Waals surface area contributed by atoms with Gasteiger partial charge in [-0.3, -0.25) is 15.0 Å². The molecule has 0 aliphatic heterocycles. The molecule has 8 aromatic carbocycles. The van der Waals surface area contributed by atoms with Crippen LogP contribution in [0, 0.1) is 12.1 Å². The molecule has 0 bridgehead atoms. The third kappa shape index (κ3) is 9.15. The van der Waals surface area contributed by atoms with Gasteiger partial charge in [0.25, 0.3) is 0 Å². The Morgan fingerprint density at radius 1 is 0.548 bits per heavy atom. The maximum atomic E-state index is 6.92. The van der Waals surface area contributed by atoms with E-state index in [-0.39, 0.29) is 42.8 Å². The summed E-state index contributed by atoms with van der Waals surface area (Å²) in [5, 5.41) is 9.36. The summed E-state index contributed by atoms with van der Waals surface area (Å²) in [6, 6.07) is 59.0. The molecular formula is C66H59IrN5O-2. The van der Waals surface area contributed by atoms with Gasteiger partial charge in [0.1, 0.15) is 5.58 Å². The van der Waals surface area contributed by atoms with Crippen LogP contribution in [0.2, 0.25) is 0 Å². The molecule has 0 spiro atoms. The third-order valence-corrected chi connectivity index (χ3v) is 14.0. The Kier molecular flexibility index (Phi) is 13.0. The molecule has 73 heavy (non-hydrogen) atoms. The number of fused-ring (bicyclic) bond motifs is 9. The second-order valence-electron chi connectivity index (χ2n) is 21.8. The fraction of sp³-hybridized carbons (Fsp3) is 0.212. The fourth-order valence-corrected chi connectivity index (χ4v) is 9.99. The molecule has 0 unspecified atom stereocenters. The number of hydrogen-bond acceptors (Lipinski definition) is 5. The molecule has 0 atom stereocenters.